The molecule has 164 valence electrons. The van der Waals surface area contributed by atoms with E-state index in [2.05, 4.69) is 20.6 Å². The number of nitrogens with zero attached hydrogens (tertiary/aromatic N) is 3. The molecule has 1 aliphatic rings. The van der Waals surface area contributed by atoms with Crippen molar-refractivity contribution >= 4 is 36.0 Å². The maximum Gasteiger partial charge on any atom is 0.410 e. The number of hydrogen-bond donors (Lipinski definition) is 3. The molecule has 1 fully saturated rings. The van der Waals surface area contributed by atoms with Crippen LogP contribution in [-0.2, 0) is 4.74 Å². The number of aliphatic hydroxyl groups is 1. The first kappa shape index (κ1) is 25.4. The highest BCUT2D eigenvalue weighted by molar-refractivity contribution is 14.0. The molecule has 9 heteroatoms. The third-order valence-electron chi connectivity index (χ3n) is 4.27. The molecule has 1 saturated heterocycles. The average molecular weight is 519 g/mol. The Balaban J connectivity index is 0.00000420. The molecule has 2 unspecified atom stereocenters. The Morgan fingerprint density at radius 1 is 1.41 bits per heavy atom. The second-order valence-corrected chi connectivity index (χ2v) is 7.93. The maximum absolute atomic E-state index is 12.3. The highest BCUT2D eigenvalue weighted by atomic mass is 127. The molecule has 1 aromatic heterocycles. The van der Waals surface area contributed by atoms with E-state index in [1.807, 2.05) is 27.7 Å². The zero-order valence-electron chi connectivity index (χ0n) is 17.7. The largest absolute Gasteiger partial charge is 0.444 e. The summed E-state index contributed by atoms with van der Waals surface area (Å²) in [6.07, 6.45) is 4.17. The standard InChI is InChI=1S/C20H33N5O3.HI/c1-5-22-18(23-13-17(26)15-8-10-21-11-9-15)24-16-7-6-12-25(14-16)19(27)28-20(2,3)4;/h8-11,16-17,26H,5-7,12-14H2,1-4H3,(H2,22,23,24);1H. The SMILES string of the molecule is CCNC(=NCC(O)c1ccncc1)NC1CCCN(C(=O)OC(C)(C)C)C1.I. The molecule has 0 bridgehead atoms. The average Bonchev–Trinajstić information content (AvgIpc) is 2.65. The molecule has 0 aromatic carbocycles. The summed E-state index contributed by atoms with van der Waals surface area (Å²) in [7, 11) is 0. The summed E-state index contributed by atoms with van der Waals surface area (Å²) in [4.78, 5) is 22.5. The molecule has 3 N–H and O–H groups in total. The summed E-state index contributed by atoms with van der Waals surface area (Å²) >= 11 is 0. The zero-order valence-corrected chi connectivity index (χ0v) is 20.1. The molecule has 1 amide bonds. The molecular formula is C20H34IN5O3. The number of ether oxygens (including phenoxy) is 1. The van der Waals surface area contributed by atoms with Gasteiger partial charge in [0.15, 0.2) is 5.96 Å². The normalized spacial score (nSPS) is 18.4. The minimum Gasteiger partial charge on any atom is -0.444 e. The lowest BCUT2D eigenvalue weighted by molar-refractivity contribution is 0.0193. The van der Waals surface area contributed by atoms with Crippen LogP contribution in [0.3, 0.4) is 0 Å². The van der Waals surface area contributed by atoms with Gasteiger partial charge in [0.2, 0.25) is 0 Å². The van der Waals surface area contributed by atoms with Gasteiger partial charge >= 0.3 is 6.09 Å². The van der Waals surface area contributed by atoms with Crippen molar-refractivity contribution in [2.75, 3.05) is 26.2 Å². The van der Waals surface area contributed by atoms with E-state index < -0.39 is 11.7 Å². The smallest absolute Gasteiger partial charge is 0.410 e. The Hall–Kier alpha value is -1.62. The van der Waals surface area contributed by atoms with Crippen molar-refractivity contribution in [2.24, 2.45) is 4.99 Å². The number of likely N-dealkylation sites (tertiary alicyclic amines) is 1. The fraction of sp³-hybridized carbons (Fsp3) is 0.650. The Morgan fingerprint density at radius 2 is 2.10 bits per heavy atom. The number of aliphatic hydroxyl groups excluding tert-OH is 1. The van der Waals surface area contributed by atoms with Gasteiger partial charge in [0, 0.05) is 38.1 Å². The molecule has 0 saturated carbocycles. The monoisotopic (exact) mass is 519 g/mol. The van der Waals surface area contributed by atoms with E-state index in [0.717, 1.165) is 18.4 Å². The zero-order chi connectivity index (χ0) is 20.6. The molecule has 2 rings (SSSR count). The molecule has 1 aliphatic heterocycles. The number of halogens is 1. The first-order chi connectivity index (χ1) is 13.3. The van der Waals surface area contributed by atoms with Crippen LogP contribution in [0.2, 0.25) is 0 Å². The van der Waals surface area contributed by atoms with Gasteiger partial charge in [-0.2, -0.15) is 0 Å². The minimum absolute atomic E-state index is 0. The van der Waals surface area contributed by atoms with Crippen LogP contribution < -0.4 is 10.6 Å². The number of aliphatic imine (C=N–C) groups is 1. The number of piperidine rings is 1. The van der Waals surface area contributed by atoms with Gasteiger partial charge < -0.3 is 25.4 Å². The second kappa shape index (κ2) is 12.2. The Labute approximate surface area is 190 Å². The molecule has 0 aliphatic carbocycles. The highest BCUT2D eigenvalue weighted by Crippen LogP contribution is 2.16. The van der Waals surface area contributed by atoms with Gasteiger partial charge in [0.25, 0.3) is 0 Å². The molecule has 0 spiro atoms. The van der Waals surface area contributed by atoms with Crippen LogP contribution in [0.15, 0.2) is 29.5 Å². The highest BCUT2D eigenvalue weighted by Gasteiger charge is 2.28. The van der Waals surface area contributed by atoms with E-state index in [9.17, 15) is 9.90 Å². The van der Waals surface area contributed by atoms with E-state index >= 15 is 0 Å². The van der Waals surface area contributed by atoms with Crippen molar-refractivity contribution in [2.45, 2.75) is 58.3 Å². The van der Waals surface area contributed by atoms with Gasteiger partial charge in [-0.1, -0.05) is 0 Å². The van der Waals surface area contributed by atoms with E-state index in [-0.39, 0.29) is 42.7 Å². The molecule has 2 atom stereocenters. The lowest BCUT2D eigenvalue weighted by Gasteiger charge is -2.35. The van der Waals surface area contributed by atoms with Crippen LogP contribution in [0.1, 0.15) is 52.2 Å². The summed E-state index contributed by atoms with van der Waals surface area (Å²) in [6, 6.07) is 3.64. The molecule has 8 nitrogen and oxygen atoms in total. The van der Waals surface area contributed by atoms with Crippen molar-refractivity contribution < 1.29 is 14.6 Å². The first-order valence-corrected chi connectivity index (χ1v) is 9.89. The fourth-order valence-electron chi connectivity index (χ4n) is 2.97. The van der Waals surface area contributed by atoms with Crippen molar-refractivity contribution in [1.29, 1.82) is 0 Å². The molecule has 29 heavy (non-hydrogen) atoms. The Bertz CT molecular complexity index is 651. The van der Waals surface area contributed by atoms with Crippen molar-refractivity contribution in [3.63, 3.8) is 0 Å². The van der Waals surface area contributed by atoms with E-state index in [4.69, 9.17) is 4.74 Å². The van der Waals surface area contributed by atoms with Gasteiger partial charge in [-0.25, -0.2) is 4.79 Å². The van der Waals surface area contributed by atoms with Gasteiger partial charge in [-0.05, 0) is 58.2 Å². The number of amides is 1. The molecule has 0 radical (unpaired) electrons. The predicted octanol–water partition coefficient (Wildman–Crippen LogP) is 2.69. The van der Waals surface area contributed by atoms with E-state index in [1.165, 1.54) is 0 Å². The molecular weight excluding hydrogens is 485 g/mol. The minimum atomic E-state index is -0.692. The van der Waals surface area contributed by atoms with Gasteiger partial charge in [-0.3, -0.25) is 9.98 Å². The number of guanidine groups is 1. The lowest BCUT2D eigenvalue weighted by atomic mass is 10.1. The summed E-state index contributed by atoms with van der Waals surface area (Å²) in [5.74, 6) is 0.631. The number of nitrogens with one attached hydrogen (secondary N) is 2. The number of carbonyl (C=O) groups is 1. The van der Waals surface area contributed by atoms with Crippen LogP contribution in [0, 0.1) is 0 Å². The van der Waals surface area contributed by atoms with Gasteiger partial charge in [0.05, 0.1) is 12.6 Å². The number of pyridine rings is 1. The maximum atomic E-state index is 12.3. The first-order valence-electron chi connectivity index (χ1n) is 9.89. The number of hydrogen-bond acceptors (Lipinski definition) is 5. The van der Waals surface area contributed by atoms with E-state index in [0.29, 0.717) is 25.6 Å². The number of aromatic nitrogens is 1. The number of carbonyl (C=O) groups excluding carboxylic acids is 1. The topological polar surface area (TPSA) is 99.1 Å². The van der Waals surface area contributed by atoms with Crippen LogP contribution >= 0.6 is 24.0 Å². The Morgan fingerprint density at radius 3 is 2.72 bits per heavy atom. The van der Waals surface area contributed by atoms with Crippen molar-refractivity contribution in [3.05, 3.63) is 30.1 Å². The Kier molecular flexibility index (Phi) is 10.7. The van der Waals surface area contributed by atoms with Crippen molar-refractivity contribution in [3.8, 4) is 0 Å². The third-order valence-corrected chi connectivity index (χ3v) is 4.27. The van der Waals surface area contributed by atoms with Crippen LogP contribution in [0.25, 0.3) is 0 Å². The fourth-order valence-corrected chi connectivity index (χ4v) is 2.97. The van der Waals surface area contributed by atoms with E-state index in [1.54, 1.807) is 29.4 Å². The van der Waals surface area contributed by atoms with Crippen molar-refractivity contribution in [1.82, 2.24) is 20.5 Å². The summed E-state index contributed by atoms with van der Waals surface area (Å²) in [5, 5.41) is 16.9. The predicted molar refractivity (Wildman–Crippen MR) is 125 cm³/mol. The molecule has 2 heterocycles. The quantitative estimate of drug-likeness (QED) is 0.315. The van der Waals surface area contributed by atoms with Crippen LogP contribution in [0.5, 0.6) is 0 Å². The number of rotatable bonds is 5. The summed E-state index contributed by atoms with van der Waals surface area (Å²) in [6.45, 7) is 9.80. The third kappa shape index (κ3) is 9.16. The summed E-state index contributed by atoms with van der Waals surface area (Å²) in [5.41, 5.74) is 0.278. The molecule has 1 aromatic rings. The van der Waals surface area contributed by atoms with Crippen LogP contribution in [0.4, 0.5) is 4.79 Å². The lowest BCUT2D eigenvalue weighted by Crippen LogP contribution is -2.53. The van der Waals surface area contributed by atoms with Gasteiger partial charge in [-0.15, -0.1) is 24.0 Å². The van der Waals surface area contributed by atoms with Crippen LogP contribution in [-0.4, -0.2) is 64.9 Å². The summed E-state index contributed by atoms with van der Waals surface area (Å²) < 4.78 is 5.48. The van der Waals surface area contributed by atoms with Gasteiger partial charge in [0.1, 0.15) is 5.60 Å². The second-order valence-electron chi connectivity index (χ2n) is 7.93.